The molecule has 28 heavy (non-hydrogen) atoms. The van der Waals surface area contributed by atoms with Gasteiger partial charge in [0.15, 0.2) is 0 Å². The number of nitrogens with one attached hydrogen (secondary N) is 3. The molecule has 0 unspecified atom stereocenters. The number of H-pyrrole nitrogens is 2. The maximum Gasteiger partial charge on any atom is 0.272 e. The SMILES string of the molecule is CC(C)c1cccc(Nc2nc3cnccc3c3[nH]c4c(=O)[nH]ccc4c23)c1. The highest BCUT2D eigenvalue weighted by Gasteiger charge is 2.16. The number of aromatic amines is 2. The third kappa shape index (κ3) is 2.53. The Labute approximate surface area is 160 Å². The van der Waals surface area contributed by atoms with E-state index in [0.717, 1.165) is 32.9 Å². The first-order valence-electron chi connectivity index (χ1n) is 9.25. The molecule has 0 atom stereocenters. The Bertz CT molecular complexity index is 1400. The molecule has 1 aromatic carbocycles. The van der Waals surface area contributed by atoms with Crippen molar-refractivity contribution < 1.29 is 0 Å². The van der Waals surface area contributed by atoms with Crippen molar-refractivity contribution in [2.24, 2.45) is 0 Å². The average molecular weight is 369 g/mol. The highest BCUT2D eigenvalue weighted by atomic mass is 16.1. The molecule has 0 saturated carbocycles. The number of hydrogen-bond donors (Lipinski definition) is 3. The molecule has 0 aliphatic carbocycles. The molecular weight excluding hydrogens is 350 g/mol. The molecular formula is C22H19N5O. The summed E-state index contributed by atoms with van der Waals surface area (Å²) >= 11 is 0. The Balaban J connectivity index is 1.82. The smallest absolute Gasteiger partial charge is 0.272 e. The van der Waals surface area contributed by atoms with Crippen LogP contribution < -0.4 is 10.9 Å². The number of anilines is 2. The standard InChI is InChI=1S/C22H19N5O/c1-12(2)13-4-3-5-14(10-13)25-21-18-16-7-9-24-22(28)20(16)27-19(18)15-6-8-23-11-17(15)26-21/h3-12,27H,1-2H3,(H,24,28)(H,25,26). The van der Waals surface area contributed by atoms with Crippen LogP contribution in [0.3, 0.4) is 0 Å². The van der Waals surface area contributed by atoms with Crippen LogP contribution in [-0.2, 0) is 0 Å². The van der Waals surface area contributed by atoms with Crippen LogP contribution in [0.15, 0.2) is 59.8 Å². The maximum absolute atomic E-state index is 12.3. The molecule has 4 aromatic heterocycles. The number of nitrogens with zero attached hydrogens (tertiary/aromatic N) is 2. The van der Waals surface area contributed by atoms with Gasteiger partial charge in [0, 0.05) is 28.9 Å². The van der Waals surface area contributed by atoms with E-state index in [2.05, 4.69) is 46.2 Å². The van der Waals surface area contributed by atoms with Crippen LogP contribution in [0, 0.1) is 0 Å². The predicted octanol–water partition coefficient (Wildman–Crippen LogP) is 4.82. The van der Waals surface area contributed by atoms with Gasteiger partial charge in [0.2, 0.25) is 0 Å². The number of hydrogen-bond acceptors (Lipinski definition) is 4. The Hall–Kier alpha value is -3.67. The summed E-state index contributed by atoms with van der Waals surface area (Å²) in [7, 11) is 0. The molecule has 0 amide bonds. The zero-order valence-electron chi connectivity index (χ0n) is 15.6. The van der Waals surface area contributed by atoms with Crippen LogP contribution in [0.2, 0.25) is 0 Å². The Morgan fingerprint density at radius 2 is 1.96 bits per heavy atom. The topological polar surface area (TPSA) is 86.5 Å². The quantitative estimate of drug-likeness (QED) is 0.425. The highest BCUT2D eigenvalue weighted by Crippen LogP contribution is 2.35. The van der Waals surface area contributed by atoms with Gasteiger partial charge >= 0.3 is 0 Å². The molecule has 4 heterocycles. The first-order valence-corrected chi connectivity index (χ1v) is 9.25. The van der Waals surface area contributed by atoms with Crippen molar-refractivity contribution in [2.75, 3.05) is 5.32 Å². The monoisotopic (exact) mass is 369 g/mol. The van der Waals surface area contributed by atoms with E-state index in [1.807, 2.05) is 24.3 Å². The molecule has 5 rings (SSSR count). The molecule has 0 radical (unpaired) electrons. The zero-order valence-corrected chi connectivity index (χ0v) is 15.6. The average Bonchev–Trinajstić information content (AvgIpc) is 3.10. The maximum atomic E-state index is 12.3. The molecule has 0 spiro atoms. The molecule has 0 fully saturated rings. The zero-order chi connectivity index (χ0) is 19.3. The number of benzene rings is 1. The van der Waals surface area contributed by atoms with Gasteiger partial charge in [-0.05, 0) is 35.7 Å². The highest BCUT2D eigenvalue weighted by molar-refractivity contribution is 6.20. The lowest BCUT2D eigenvalue weighted by atomic mass is 10.0. The van der Waals surface area contributed by atoms with Crippen LogP contribution in [0.4, 0.5) is 11.5 Å². The van der Waals surface area contributed by atoms with E-state index in [-0.39, 0.29) is 5.56 Å². The van der Waals surface area contributed by atoms with Gasteiger partial charge in [-0.1, -0.05) is 26.0 Å². The summed E-state index contributed by atoms with van der Waals surface area (Å²) in [5.41, 5.74) is 4.25. The van der Waals surface area contributed by atoms with Crippen molar-refractivity contribution in [3.8, 4) is 0 Å². The van der Waals surface area contributed by atoms with E-state index in [1.165, 1.54) is 5.56 Å². The van der Waals surface area contributed by atoms with Crippen molar-refractivity contribution in [3.63, 3.8) is 0 Å². The molecule has 0 saturated heterocycles. The van der Waals surface area contributed by atoms with Crippen LogP contribution in [0.1, 0.15) is 25.3 Å². The summed E-state index contributed by atoms with van der Waals surface area (Å²) in [5, 5.41) is 6.13. The number of fused-ring (bicyclic) bond motifs is 5. The van der Waals surface area contributed by atoms with Gasteiger partial charge in [0.25, 0.3) is 5.56 Å². The number of aromatic nitrogens is 4. The van der Waals surface area contributed by atoms with Crippen LogP contribution in [0.25, 0.3) is 32.7 Å². The summed E-state index contributed by atoms with van der Waals surface area (Å²) in [6, 6.07) is 12.1. The Kier molecular flexibility index (Phi) is 3.65. The van der Waals surface area contributed by atoms with Gasteiger partial charge < -0.3 is 15.3 Å². The number of rotatable bonds is 3. The van der Waals surface area contributed by atoms with E-state index >= 15 is 0 Å². The second kappa shape index (κ2) is 6.20. The third-order valence-corrected chi connectivity index (χ3v) is 5.08. The van der Waals surface area contributed by atoms with E-state index < -0.39 is 0 Å². The van der Waals surface area contributed by atoms with Crippen molar-refractivity contribution >= 4 is 44.2 Å². The molecule has 6 heteroatoms. The van der Waals surface area contributed by atoms with Crippen molar-refractivity contribution in [2.45, 2.75) is 19.8 Å². The fraction of sp³-hybridized carbons (Fsp3) is 0.136. The summed E-state index contributed by atoms with van der Waals surface area (Å²) in [4.78, 5) is 27.4. The third-order valence-electron chi connectivity index (χ3n) is 5.08. The van der Waals surface area contributed by atoms with Gasteiger partial charge in [-0.3, -0.25) is 9.78 Å². The minimum absolute atomic E-state index is 0.149. The minimum atomic E-state index is -0.149. The summed E-state index contributed by atoms with van der Waals surface area (Å²) in [5.74, 6) is 1.13. The van der Waals surface area contributed by atoms with E-state index in [1.54, 1.807) is 18.6 Å². The normalized spacial score (nSPS) is 11.7. The number of pyridine rings is 3. The van der Waals surface area contributed by atoms with Crippen molar-refractivity contribution in [3.05, 3.63) is 70.9 Å². The first-order chi connectivity index (χ1) is 13.6. The molecule has 0 bridgehead atoms. The largest absolute Gasteiger partial charge is 0.349 e. The van der Waals surface area contributed by atoms with Gasteiger partial charge in [-0.25, -0.2) is 4.98 Å². The molecule has 6 nitrogen and oxygen atoms in total. The first kappa shape index (κ1) is 16.5. The lowest BCUT2D eigenvalue weighted by Crippen LogP contribution is -2.03. The van der Waals surface area contributed by atoms with Crippen LogP contribution >= 0.6 is 0 Å². The van der Waals surface area contributed by atoms with E-state index in [0.29, 0.717) is 17.3 Å². The Morgan fingerprint density at radius 3 is 2.82 bits per heavy atom. The molecule has 0 aliphatic rings. The van der Waals surface area contributed by atoms with Gasteiger partial charge in [0.05, 0.1) is 22.6 Å². The molecule has 3 N–H and O–H groups in total. The fourth-order valence-electron chi connectivity index (χ4n) is 3.65. The molecule has 5 aromatic rings. The van der Waals surface area contributed by atoms with Gasteiger partial charge in [0.1, 0.15) is 11.3 Å². The molecule has 138 valence electrons. The summed E-state index contributed by atoms with van der Waals surface area (Å²) in [6.45, 7) is 4.34. The van der Waals surface area contributed by atoms with Crippen LogP contribution in [-0.4, -0.2) is 19.9 Å². The van der Waals surface area contributed by atoms with Gasteiger partial charge in [-0.2, -0.15) is 0 Å². The lowest BCUT2D eigenvalue weighted by Gasteiger charge is -2.12. The van der Waals surface area contributed by atoms with Crippen LogP contribution in [0.5, 0.6) is 0 Å². The summed E-state index contributed by atoms with van der Waals surface area (Å²) in [6.07, 6.45) is 5.14. The minimum Gasteiger partial charge on any atom is -0.349 e. The summed E-state index contributed by atoms with van der Waals surface area (Å²) < 4.78 is 0. The molecule has 0 aliphatic heterocycles. The van der Waals surface area contributed by atoms with Gasteiger partial charge in [-0.15, -0.1) is 0 Å². The fourth-order valence-corrected chi connectivity index (χ4v) is 3.65. The second-order valence-corrected chi connectivity index (χ2v) is 7.23. The van der Waals surface area contributed by atoms with E-state index in [9.17, 15) is 4.79 Å². The van der Waals surface area contributed by atoms with Crippen molar-refractivity contribution in [1.82, 2.24) is 19.9 Å². The predicted molar refractivity (Wildman–Crippen MR) is 113 cm³/mol. The Morgan fingerprint density at radius 1 is 1.07 bits per heavy atom. The van der Waals surface area contributed by atoms with E-state index in [4.69, 9.17) is 4.98 Å². The lowest BCUT2D eigenvalue weighted by molar-refractivity contribution is 0.867. The van der Waals surface area contributed by atoms with Crippen molar-refractivity contribution in [1.29, 1.82) is 0 Å². The second-order valence-electron chi connectivity index (χ2n) is 7.23.